The molecule has 0 saturated carbocycles. The summed E-state index contributed by atoms with van der Waals surface area (Å²) >= 11 is 0. The molecule has 0 radical (unpaired) electrons. The average Bonchev–Trinajstić information content (AvgIpc) is 2.95. The fraction of sp³-hybridized carbons (Fsp3) is 0.467. The highest BCUT2D eigenvalue weighted by atomic mass is 19.4. The van der Waals surface area contributed by atoms with E-state index in [1.165, 1.54) is 12.1 Å². The second-order valence-electron chi connectivity index (χ2n) is 5.66. The number of nitrogens with zero attached hydrogens (tertiary/aromatic N) is 1. The number of alkyl halides is 3. The first kappa shape index (κ1) is 18.2. The number of aryl methyl sites for hydroxylation is 1. The molecule has 1 heterocycles. The largest absolute Gasteiger partial charge is 0.481 e. The minimum atomic E-state index is -4.98. The highest BCUT2D eigenvalue weighted by molar-refractivity contribution is 5.81. The van der Waals surface area contributed by atoms with Crippen molar-refractivity contribution >= 4 is 11.9 Å². The average molecular weight is 351 g/mol. The van der Waals surface area contributed by atoms with Crippen LogP contribution in [0.2, 0.25) is 0 Å². The van der Waals surface area contributed by atoms with Crippen LogP contribution in [0.15, 0.2) is 18.2 Å². The van der Waals surface area contributed by atoms with E-state index in [2.05, 4.69) is 0 Å². The summed E-state index contributed by atoms with van der Waals surface area (Å²) in [5.74, 6) is -4.95. The monoisotopic (exact) mass is 351 g/mol. The zero-order valence-electron chi connectivity index (χ0n) is 12.4. The molecular formula is C15H14F5NO3. The lowest BCUT2D eigenvalue weighted by molar-refractivity contribution is -0.227. The summed E-state index contributed by atoms with van der Waals surface area (Å²) < 4.78 is 65.7. The summed E-state index contributed by atoms with van der Waals surface area (Å²) in [4.78, 5) is 23.9. The Kier molecular flexibility index (Phi) is 4.82. The number of carboxylic acids is 1. The number of carbonyl (C=O) groups is 2. The van der Waals surface area contributed by atoms with Crippen LogP contribution in [0.5, 0.6) is 0 Å². The highest BCUT2D eigenvalue weighted by Gasteiger charge is 2.64. The van der Waals surface area contributed by atoms with E-state index in [1.54, 1.807) is 0 Å². The molecule has 1 aromatic rings. The molecule has 0 bridgehead atoms. The molecule has 1 amide bonds. The Labute approximate surface area is 133 Å². The van der Waals surface area contributed by atoms with Crippen molar-refractivity contribution in [1.82, 2.24) is 4.90 Å². The van der Waals surface area contributed by atoms with Gasteiger partial charge in [0.2, 0.25) is 5.91 Å². The fourth-order valence-corrected chi connectivity index (χ4v) is 2.69. The van der Waals surface area contributed by atoms with E-state index in [0.29, 0.717) is 0 Å². The first-order chi connectivity index (χ1) is 11.1. The molecule has 2 rings (SSSR count). The second kappa shape index (κ2) is 6.37. The van der Waals surface area contributed by atoms with Gasteiger partial charge in [-0.2, -0.15) is 13.2 Å². The number of carbonyl (C=O) groups excluding carboxylic acids is 1. The number of halogens is 5. The minimum Gasteiger partial charge on any atom is -0.481 e. The van der Waals surface area contributed by atoms with E-state index in [4.69, 9.17) is 5.11 Å². The van der Waals surface area contributed by atoms with Crippen molar-refractivity contribution in [2.45, 2.75) is 25.4 Å². The van der Waals surface area contributed by atoms with Gasteiger partial charge in [0, 0.05) is 19.5 Å². The maximum absolute atomic E-state index is 13.5. The van der Waals surface area contributed by atoms with Crippen LogP contribution in [0.25, 0.3) is 0 Å². The number of hydrogen-bond acceptors (Lipinski definition) is 2. The lowest BCUT2D eigenvalue weighted by Crippen LogP contribution is -2.47. The van der Waals surface area contributed by atoms with Crippen molar-refractivity contribution in [2.24, 2.45) is 5.41 Å². The zero-order chi connectivity index (χ0) is 18.1. The summed E-state index contributed by atoms with van der Waals surface area (Å²) in [6.07, 6.45) is -6.24. The third-order valence-electron chi connectivity index (χ3n) is 4.21. The predicted molar refractivity (Wildman–Crippen MR) is 72.0 cm³/mol. The van der Waals surface area contributed by atoms with Gasteiger partial charge in [0.05, 0.1) is 0 Å². The van der Waals surface area contributed by atoms with E-state index in [9.17, 15) is 31.5 Å². The first-order valence-corrected chi connectivity index (χ1v) is 7.09. The Bertz CT molecular complexity index is 661. The molecule has 132 valence electrons. The molecule has 1 aliphatic rings. The Balaban J connectivity index is 2.04. The van der Waals surface area contributed by atoms with Gasteiger partial charge in [-0.05, 0) is 24.5 Å². The van der Waals surface area contributed by atoms with Crippen LogP contribution in [-0.4, -0.2) is 41.1 Å². The molecule has 1 aliphatic heterocycles. The van der Waals surface area contributed by atoms with Crippen molar-refractivity contribution in [3.8, 4) is 0 Å². The molecule has 1 atom stereocenters. The van der Waals surface area contributed by atoms with E-state index in [-0.39, 0.29) is 24.9 Å². The fourth-order valence-electron chi connectivity index (χ4n) is 2.69. The molecule has 9 heteroatoms. The molecule has 4 nitrogen and oxygen atoms in total. The molecule has 0 aromatic heterocycles. The number of benzene rings is 1. The summed E-state index contributed by atoms with van der Waals surface area (Å²) in [5.41, 5.74) is -3.05. The number of hydrogen-bond donors (Lipinski definition) is 1. The topological polar surface area (TPSA) is 57.6 Å². The smallest absolute Gasteiger partial charge is 0.406 e. The van der Waals surface area contributed by atoms with Gasteiger partial charge in [-0.25, -0.2) is 8.78 Å². The van der Waals surface area contributed by atoms with Crippen molar-refractivity contribution < 1.29 is 36.6 Å². The number of aliphatic carboxylic acids is 1. The Morgan fingerprint density at radius 1 is 1.25 bits per heavy atom. The van der Waals surface area contributed by atoms with E-state index in [0.717, 1.165) is 11.0 Å². The van der Waals surface area contributed by atoms with Gasteiger partial charge in [0.1, 0.15) is 0 Å². The summed E-state index contributed by atoms with van der Waals surface area (Å²) in [7, 11) is 0. The minimum absolute atomic E-state index is 0.0668. The van der Waals surface area contributed by atoms with Crippen LogP contribution in [0.4, 0.5) is 22.0 Å². The maximum atomic E-state index is 13.5. The van der Waals surface area contributed by atoms with E-state index in [1.807, 2.05) is 0 Å². The molecule has 1 saturated heterocycles. The highest BCUT2D eigenvalue weighted by Crippen LogP contribution is 2.45. The normalized spacial score (nSPS) is 21.1. The van der Waals surface area contributed by atoms with Crippen molar-refractivity contribution in [2.75, 3.05) is 13.1 Å². The lowest BCUT2D eigenvalue weighted by Gasteiger charge is -2.27. The van der Waals surface area contributed by atoms with E-state index >= 15 is 0 Å². The van der Waals surface area contributed by atoms with Crippen LogP contribution in [0.1, 0.15) is 18.4 Å². The first-order valence-electron chi connectivity index (χ1n) is 7.09. The van der Waals surface area contributed by atoms with Gasteiger partial charge in [0.25, 0.3) is 0 Å². The molecule has 1 N–H and O–H groups in total. The summed E-state index contributed by atoms with van der Waals surface area (Å²) in [6.45, 7) is -1.33. The Morgan fingerprint density at radius 2 is 1.92 bits per heavy atom. The molecule has 1 fully saturated rings. The van der Waals surface area contributed by atoms with Crippen LogP contribution in [0.3, 0.4) is 0 Å². The third kappa shape index (κ3) is 3.20. The van der Waals surface area contributed by atoms with Gasteiger partial charge in [-0.1, -0.05) is 12.1 Å². The van der Waals surface area contributed by atoms with Gasteiger partial charge in [-0.3, -0.25) is 9.59 Å². The van der Waals surface area contributed by atoms with Crippen LogP contribution in [-0.2, 0) is 16.0 Å². The number of likely N-dealkylation sites (tertiary alicyclic amines) is 1. The quantitative estimate of drug-likeness (QED) is 0.849. The van der Waals surface area contributed by atoms with Crippen LogP contribution in [0, 0.1) is 17.0 Å². The maximum Gasteiger partial charge on any atom is 0.406 e. The van der Waals surface area contributed by atoms with Gasteiger partial charge in [-0.15, -0.1) is 0 Å². The molecule has 1 unspecified atom stereocenters. The Hall–Kier alpha value is -2.19. The lowest BCUT2D eigenvalue weighted by atomic mass is 9.86. The standard InChI is InChI=1S/C15H14F5NO3/c16-10-3-1-2-9(12(10)17)4-5-11(22)21-7-6-14(8-21,13(23)24)15(18,19)20/h1-3H,4-8H2,(H,23,24). The van der Waals surface area contributed by atoms with Crippen molar-refractivity contribution in [3.05, 3.63) is 35.4 Å². The van der Waals surface area contributed by atoms with Gasteiger partial charge < -0.3 is 10.0 Å². The zero-order valence-corrected chi connectivity index (χ0v) is 12.4. The van der Waals surface area contributed by atoms with Crippen LogP contribution >= 0.6 is 0 Å². The molecule has 0 spiro atoms. The molecular weight excluding hydrogens is 337 g/mol. The molecule has 1 aromatic carbocycles. The molecule has 0 aliphatic carbocycles. The number of rotatable bonds is 4. The SMILES string of the molecule is O=C(CCc1cccc(F)c1F)N1CCC(C(=O)O)(C(F)(F)F)C1. The Morgan fingerprint density at radius 3 is 2.46 bits per heavy atom. The van der Waals surface area contributed by atoms with Crippen molar-refractivity contribution in [3.63, 3.8) is 0 Å². The molecule has 24 heavy (non-hydrogen) atoms. The van der Waals surface area contributed by atoms with Crippen LogP contribution < -0.4 is 0 Å². The second-order valence-corrected chi connectivity index (χ2v) is 5.66. The van der Waals surface area contributed by atoms with E-state index < -0.39 is 48.1 Å². The van der Waals surface area contributed by atoms with Gasteiger partial charge in [0.15, 0.2) is 17.0 Å². The third-order valence-corrected chi connectivity index (χ3v) is 4.21. The van der Waals surface area contributed by atoms with Gasteiger partial charge >= 0.3 is 12.1 Å². The predicted octanol–water partition coefficient (Wildman–Crippen LogP) is 2.76. The van der Waals surface area contributed by atoms with Crippen molar-refractivity contribution in [1.29, 1.82) is 0 Å². The number of amides is 1. The summed E-state index contributed by atoms with van der Waals surface area (Å²) in [6, 6.07) is 3.44. The number of carboxylic acid groups (broad SMARTS) is 1. The summed E-state index contributed by atoms with van der Waals surface area (Å²) in [5, 5.41) is 8.92.